The predicted octanol–water partition coefficient (Wildman–Crippen LogP) is -7.11. The summed E-state index contributed by atoms with van der Waals surface area (Å²) in [6.07, 6.45) is -12.9. The minimum atomic E-state index is -1.90. The number of ether oxygens (including phenoxy) is 4. The first-order chi connectivity index (χ1) is 21.1. The third kappa shape index (κ3) is 9.24. The molecule has 45 heavy (non-hydrogen) atoms. The van der Waals surface area contributed by atoms with Crippen LogP contribution >= 0.6 is 0 Å². The number of hydrogen-bond donors (Lipinski definition) is 13. The molecule has 262 valence electrons. The van der Waals surface area contributed by atoms with E-state index in [0.717, 1.165) is 0 Å². The van der Waals surface area contributed by atoms with Crippen molar-refractivity contribution in [2.75, 3.05) is 33.4 Å². The van der Waals surface area contributed by atoms with E-state index in [0.29, 0.717) is 12.8 Å². The fourth-order valence-electron chi connectivity index (χ4n) is 5.74. The highest BCUT2D eigenvalue weighted by atomic mass is 16.7. The average molecular weight is 654 g/mol. The molecule has 0 aromatic rings. The highest BCUT2D eigenvalue weighted by Crippen LogP contribution is 2.33. The molecular weight excluding hydrogens is 602 g/mol. The Kier molecular flexibility index (Phi) is 13.8. The van der Waals surface area contributed by atoms with E-state index < -0.39 is 110 Å². The van der Waals surface area contributed by atoms with Gasteiger partial charge in [0, 0.05) is 6.04 Å². The second-order valence-corrected chi connectivity index (χ2v) is 12.0. The molecule has 3 fully saturated rings. The summed E-state index contributed by atoms with van der Waals surface area (Å²) in [5.74, 6) is -0.504. The molecule has 1 aliphatic carbocycles. The van der Waals surface area contributed by atoms with Crippen LogP contribution in [0.3, 0.4) is 0 Å². The fraction of sp³-hybridized carbons (Fsp3) is 0.923. The van der Waals surface area contributed by atoms with Crippen molar-refractivity contribution in [2.24, 2.45) is 32.9 Å². The number of rotatable bonds is 13. The Bertz CT molecular complexity index is 996. The zero-order valence-electron chi connectivity index (χ0n) is 25.4. The first kappa shape index (κ1) is 37.8. The van der Waals surface area contributed by atoms with Crippen molar-refractivity contribution in [3.05, 3.63) is 0 Å². The molecule has 19 heteroatoms. The molecule has 1 saturated carbocycles. The minimum Gasteiger partial charge on any atom is -0.394 e. The van der Waals surface area contributed by atoms with E-state index in [2.05, 4.69) is 15.3 Å². The van der Waals surface area contributed by atoms with Crippen LogP contribution in [0.5, 0.6) is 0 Å². The molecule has 0 aromatic heterocycles. The van der Waals surface area contributed by atoms with Crippen LogP contribution in [-0.4, -0.2) is 177 Å². The van der Waals surface area contributed by atoms with E-state index in [-0.39, 0.29) is 25.4 Å². The first-order valence-corrected chi connectivity index (χ1v) is 14.9. The van der Waals surface area contributed by atoms with Gasteiger partial charge in [0.25, 0.3) is 0 Å². The van der Waals surface area contributed by atoms with Gasteiger partial charge in [-0.25, -0.2) is 0 Å². The summed E-state index contributed by atoms with van der Waals surface area (Å²) in [6.45, 7) is 0.112. The van der Waals surface area contributed by atoms with Crippen molar-refractivity contribution in [1.82, 2.24) is 5.32 Å². The second kappa shape index (κ2) is 16.4. The SMILES string of the molecule is CN[C@@H]1[C@@H](O)[C@@H](O[C@@H]2[C@@H](O)[C@H](O[C@H]3O[C@H](CN=C(N)CO)CC[C@H]3N)[C@@H](N)C[C@H]2N=C(N)C(O)C(O)C(O)CO)OC[C@]1(C)O. The van der Waals surface area contributed by atoms with Crippen molar-refractivity contribution in [1.29, 1.82) is 0 Å². The summed E-state index contributed by atoms with van der Waals surface area (Å²) in [5.41, 5.74) is 22.8. The van der Waals surface area contributed by atoms with Gasteiger partial charge in [-0.15, -0.1) is 0 Å². The molecule has 2 saturated heterocycles. The monoisotopic (exact) mass is 653 g/mol. The minimum absolute atomic E-state index is 0.0409. The quantitative estimate of drug-likeness (QED) is 0.0648. The number of likely N-dealkylation sites (N-methyl/N-ethyl adjacent to an activating group) is 1. The highest BCUT2D eigenvalue weighted by molar-refractivity contribution is 5.85. The lowest BCUT2D eigenvalue weighted by molar-refractivity contribution is -0.306. The number of aliphatic hydroxyl groups excluding tert-OH is 7. The summed E-state index contributed by atoms with van der Waals surface area (Å²) >= 11 is 0. The zero-order chi connectivity index (χ0) is 33.6. The Labute approximate surface area is 260 Å². The average Bonchev–Trinajstić information content (AvgIpc) is 3.00. The van der Waals surface area contributed by atoms with Crippen molar-refractivity contribution in [3.63, 3.8) is 0 Å². The van der Waals surface area contributed by atoms with Crippen LogP contribution in [-0.2, 0) is 18.9 Å². The molecule has 0 radical (unpaired) electrons. The maximum absolute atomic E-state index is 11.6. The lowest BCUT2D eigenvalue weighted by Crippen LogP contribution is -2.67. The normalized spacial score (nSPS) is 42.3. The predicted molar refractivity (Wildman–Crippen MR) is 158 cm³/mol. The molecule has 3 unspecified atom stereocenters. The number of nitrogens with zero attached hydrogens (tertiary/aromatic N) is 2. The van der Waals surface area contributed by atoms with E-state index in [1.54, 1.807) is 0 Å². The van der Waals surface area contributed by atoms with E-state index in [1.807, 2.05) is 0 Å². The van der Waals surface area contributed by atoms with Crippen molar-refractivity contribution < 1.29 is 59.8 Å². The van der Waals surface area contributed by atoms with Gasteiger partial charge in [-0.05, 0) is 33.2 Å². The Hall–Kier alpha value is -1.66. The summed E-state index contributed by atoms with van der Waals surface area (Å²) in [4.78, 5) is 8.30. The molecule has 0 amide bonds. The van der Waals surface area contributed by atoms with Crippen LogP contribution in [0.4, 0.5) is 0 Å². The second-order valence-electron chi connectivity index (χ2n) is 12.0. The van der Waals surface area contributed by atoms with Crippen LogP contribution in [0.15, 0.2) is 9.98 Å². The molecule has 3 rings (SSSR count). The van der Waals surface area contributed by atoms with Crippen LogP contribution in [0.25, 0.3) is 0 Å². The molecule has 2 heterocycles. The van der Waals surface area contributed by atoms with Crippen molar-refractivity contribution >= 4 is 11.7 Å². The molecule has 17 N–H and O–H groups in total. The number of nitrogens with one attached hydrogen (secondary N) is 1. The molecular formula is C26H51N7O12. The summed E-state index contributed by atoms with van der Waals surface area (Å²) < 4.78 is 23.8. The van der Waals surface area contributed by atoms with Gasteiger partial charge in [0.15, 0.2) is 12.6 Å². The van der Waals surface area contributed by atoms with Gasteiger partial charge in [-0.3, -0.25) is 9.98 Å². The van der Waals surface area contributed by atoms with Crippen LogP contribution in [0.2, 0.25) is 0 Å². The summed E-state index contributed by atoms with van der Waals surface area (Å²) in [7, 11) is 1.54. The van der Waals surface area contributed by atoms with E-state index in [1.165, 1.54) is 14.0 Å². The van der Waals surface area contributed by atoms with Gasteiger partial charge in [0.05, 0.1) is 44.0 Å². The first-order valence-electron chi connectivity index (χ1n) is 14.9. The van der Waals surface area contributed by atoms with E-state index >= 15 is 0 Å². The number of hydrogen-bond acceptors (Lipinski definition) is 17. The number of aliphatic hydroxyl groups is 8. The molecule has 19 nitrogen and oxygen atoms in total. The molecule has 3 aliphatic rings. The Morgan fingerprint density at radius 1 is 1.02 bits per heavy atom. The maximum atomic E-state index is 11.6. The van der Waals surface area contributed by atoms with E-state index in [4.69, 9.17) is 52.1 Å². The van der Waals surface area contributed by atoms with Gasteiger partial charge in [0.2, 0.25) is 0 Å². The van der Waals surface area contributed by atoms with Gasteiger partial charge in [-0.1, -0.05) is 0 Å². The van der Waals surface area contributed by atoms with Crippen LogP contribution in [0.1, 0.15) is 26.2 Å². The largest absolute Gasteiger partial charge is 0.394 e. The number of nitrogens with two attached hydrogens (primary N) is 4. The smallest absolute Gasteiger partial charge is 0.185 e. The van der Waals surface area contributed by atoms with Crippen LogP contribution in [0, 0.1) is 0 Å². The summed E-state index contributed by atoms with van der Waals surface area (Å²) in [5, 5.41) is 84.6. The molecule has 0 bridgehead atoms. The lowest BCUT2D eigenvalue weighted by Gasteiger charge is -2.48. The molecule has 0 aromatic carbocycles. The number of aliphatic imine (C=N–C) groups is 2. The zero-order valence-corrected chi connectivity index (χ0v) is 25.4. The maximum Gasteiger partial charge on any atom is 0.185 e. The molecule has 15 atom stereocenters. The van der Waals surface area contributed by atoms with Crippen molar-refractivity contribution in [2.45, 2.75) is 117 Å². The van der Waals surface area contributed by atoms with E-state index in [9.17, 15) is 30.6 Å². The Balaban J connectivity index is 1.87. The topological polar surface area (TPSA) is 340 Å². The van der Waals surface area contributed by atoms with Crippen LogP contribution < -0.4 is 28.3 Å². The third-order valence-corrected chi connectivity index (χ3v) is 8.39. The molecule has 2 aliphatic heterocycles. The fourth-order valence-corrected chi connectivity index (χ4v) is 5.74. The van der Waals surface area contributed by atoms with Gasteiger partial charge in [-0.2, -0.15) is 0 Å². The lowest BCUT2D eigenvalue weighted by atomic mass is 9.83. The molecule has 0 spiro atoms. The summed E-state index contributed by atoms with van der Waals surface area (Å²) in [6, 6.07) is -3.50. The Morgan fingerprint density at radius 2 is 1.69 bits per heavy atom. The number of amidine groups is 2. The highest BCUT2D eigenvalue weighted by Gasteiger charge is 2.52. The van der Waals surface area contributed by atoms with Gasteiger partial charge in [0.1, 0.15) is 66.6 Å². The van der Waals surface area contributed by atoms with Gasteiger partial charge >= 0.3 is 0 Å². The standard InChI is InChI=1S/C26H51N7O12/c1-26(41)9-42-25(19(40)22(26)31-2)45-21-13(33-23(30)17(38)16(37)14(36)7-34)5-12(28)20(18(21)39)44-24-11(27)4-3-10(43-24)6-32-15(29)8-35/h10-14,16-22,24-25,31,34-41H,3-9,27-28H2,1-2H3,(H2,29,32)(H2,30,33)/t10-,11+,12-,13+,14?,16?,17?,18-,19+,20+,21-,22+,24+,25+,26-/m0/s1. The Morgan fingerprint density at radius 3 is 2.31 bits per heavy atom. The van der Waals surface area contributed by atoms with Crippen molar-refractivity contribution in [3.8, 4) is 0 Å². The third-order valence-electron chi connectivity index (χ3n) is 8.39. The van der Waals surface area contributed by atoms with Gasteiger partial charge < -0.3 is 88.1 Å².